The predicted octanol–water partition coefficient (Wildman–Crippen LogP) is 2.47. The smallest absolute Gasteiger partial charge is 0.256 e. The maximum absolute atomic E-state index is 13.4. The van der Waals surface area contributed by atoms with E-state index in [1.807, 2.05) is 6.92 Å². The molecular weight excluding hydrogens is 275 g/mol. The summed E-state index contributed by atoms with van der Waals surface area (Å²) in [5, 5.41) is 0.686. The lowest BCUT2D eigenvalue weighted by Crippen LogP contribution is -2.34. The number of carbonyl (C=O) groups is 1. The quantitative estimate of drug-likeness (QED) is 0.780. The molecule has 1 aromatic rings. The Bertz CT molecular complexity index is 354. The summed E-state index contributed by atoms with van der Waals surface area (Å²) >= 11 is 3.28. The molecule has 0 aromatic carbocycles. The van der Waals surface area contributed by atoms with Gasteiger partial charge in [0, 0.05) is 24.6 Å². The number of amides is 1. The van der Waals surface area contributed by atoms with E-state index >= 15 is 0 Å². The van der Waals surface area contributed by atoms with Gasteiger partial charge < -0.3 is 4.90 Å². The molecule has 1 heterocycles. The molecule has 0 aliphatic rings. The summed E-state index contributed by atoms with van der Waals surface area (Å²) in [5.41, 5.74) is 0.0874. The second-order valence-corrected chi connectivity index (χ2v) is 4.13. The number of hydrogen-bond acceptors (Lipinski definition) is 2. The maximum atomic E-state index is 13.4. The van der Waals surface area contributed by atoms with Crippen LogP contribution in [0.3, 0.4) is 0 Å². The fourth-order valence-electron chi connectivity index (χ4n) is 1.41. The zero-order chi connectivity index (χ0) is 12.0. The van der Waals surface area contributed by atoms with Crippen molar-refractivity contribution < 1.29 is 9.18 Å². The molecule has 0 saturated heterocycles. The van der Waals surface area contributed by atoms with Crippen molar-refractivity contribution in [3.05, 3.63) is 29.8 Å². The Morgan fingerprint density at radius 2 is 2.31 bits per heavy atom. The van der Waals surface area contributed by atoms with E-state index in [4.69, 9.17) is 0 Å². The van der Waals surface area contributed by atoms with E-state index in [0.717, 1.165) is 12.6 Å². The van der Waals surface area contributed by atoms with Gasteiger partial charge in [-0.25, -0.2) is 4.39 Å². The number of rotatable bonds is 5. The normalized spacial score (nSPS) is 10.2. The number of alkyl halides is 1. The predicted molar refractivity (Wildman–Crippen MR) is 64.2 cm³/mol. The molecule has 0 aliphatic carbocycles. The Labute approximate surface area is 103 Å². The third kappa shape index (κ3) is 3.27. The van der Waals surface area contributed by atoms with Crippen LogP contribution in [-0.2, 0) is 0 Å². The molecule has 5 heteroatoms. The van der Waals surface area contributed by atoms with Crippen LogP contribution in [-0.4, -0.2) is 34.2 Å². The third-order valence-electron chi connectivity index (χ3n) is 2.14. The molecule has 0 aliphatic heterocycles. The molecule has 1 aromatic heterocycles. The second kappa shape index (κ2) is 6.58. The number of halogens is 2. The van der Waals surface area contributed by atoms with Gasteiger partial charge in [-0.05, 0) is 12.5 Å². The second-order valence-electron chi connectivity index (χ2n) is 3.34. The molecule has 1 rings (SSSR count). The van der Waals surface area contributed by atoms with Crippen LogP contribution in [0.2, 0.25) is 0 Å². The van der Waals surface area contributed by atoms with Gasteiger partial charge in [-0.2, -0.15) is 0 Å². The Hall–Kier alpha value is -0.970. The number of hydrogen-bond donors (Lipinski definition) is 0. The summed E-state index contributed by atoms with van der Waals surface area (Å²) in [6.45, 7) is 3.19. The van der Waals surface area contributed by atoms with Crippen LogP contribution in [0, 0.1) is 5.82 Å². The van der Waals surface area contributed by atoms with E-state index in [9.17, 15) is 9.18 Å². The molecule has 0 saturated carbocycles. The zero-order valence-corrected chi connectivity index (χ0v) is 10.7. The van der Waals surface area contributed by atoms with Crippen LogP contribution in [0.15, 0.2) is 18.5 Å². The minimum atomic E-state index is -0.567. The highest BCUT2D eigenvalue weighted by molar-refractivity contribution is 9.09. The van der Waals surface area contributed by atoms with E-state index in [2.05, 4.69) is 20.9 Å². The summed E-state index contributed by atoms with van der Waals surface area (Å²) in [7, 11) is 0. The van der Waals surface area contributed by atoms with E-state index < -0.39 is 5.82 Å². The van der Waals surface area contributed by atoms with Gasteiger partial charge in [-0.1, -0.05) is 22.9 Å². The number of carbonyl (C=O) groups excluding carboxylic acids is 1. The van der Waals surface area contributed by atoms with Gasteiger partial charge in [0.15, 0.2) is 5.82 Å². The van der Waals surface area contributed by atoms with Gasteiger partial charge in [0.2, 0.25) is 0 Å². The number of aromatic nitrogens is 1. The summed E-state index contributed by atoms with van der Waals surface area (Å²) in [6.07, 6.45) is 3.34. The summed E-state index contributed by atoms with van der Waals surface area (Å²) in [6, 6.07) is 1.41. The first kappa shape index (κ1) is 13.1. The molecule has 88 valence electrons. The van der Waals surface area contributed by atoms with Crippen molar-refractivity contribution >= 4 is 21.8 Å². The Morgan fingerprint density at radius 3 is 2.88 bits per heavy atom. The summed E-state index contributed by atoms with van der Waals surface area (Å²) in [5.74, 6) is -0.843. The van der Waals surface area contributed by atoms with Crippen LogP contribution in [0.1, 0.15) is 23.7 Å². The van der Waals surface area contributed by atoms with Gasteiger partial charge in [-0.15, -0.1) is 0 Å². The van der Waals surface area contributed by atoms with E-state index in [1.54, 1.807) is 4.90 Å². The number of pyridine rings is 1. The Balaban J connectivity index is 2.85. The van der Waals surface area contributed by atoms with Gasteiger partial charge in [0.1, 0.15) is 0 Å². The molecule has 16 heavy (non-hydrogen) atoms. The van der Waals surface area contributed by atoms with Gasteiger partial charge in [0.25, 0.3) is 5.91 Å². The molecule has 1 amide bonds. The van der Waals surface area contributed by atoms with Crippen LogP contribution < -0.4 is 0 Å². The van der Waals surface area contributed by atoms with E-state index in [0.29, 0.717) is 18.4 Å². The monoisotopic (exact) mass is 288 g/mol. The fourth-order valence-corrected chi connectivity index (χ4v) is 1.83. The lowest BCUT2D eigenvalue weighted by molar-refractivity contribution is 0.0761. The van der Waals surface area contributed by atoms with E-state index in [-0.39, 0.29) is 11.5 Å². The van der Waals surface area contributed by atoms with Crippen LogP contribution >= 0.6 is 15.9 Å². The molecule has 0 spiro atoms. The molecule has 0 N–H and O–H groups in total. The van der Waals surface area contributed by atoms with Crippen molar-refractivity contribution in [2.24, 2.45) is 0 Å². The van der Waals surface area contributed by atoms with Gasteiger partial charge in [-0.3, -0.25) is 9.78 Å². The lowest BCUT2D eigenvalue weighted by atomic mass is 10.2. The molecule has 0 radical (unpaired) electrons. The highest BCUT2D eigenvalue weighted by atomic mass is 79.9. The van der Waals surface area contributed by atoms with E-state index in [1.165, 1.54) is 12.3 Å². The average Bonchev–Trinajstić information content (AvgIpc) is 2.28. The first-order valence-corrected chi connectivity index (χ1v) is 6.27. The molecular formula is C11H14BrFN2O. The van der Waals surface area contributed by atoms with Crippen LogP contribution in [0.4, 0.5) is 4.39 Å². The van der Waals surface area contributed by atoms with Gasteiger partial charge >= 0.3 is 0 Å². The van der Waals surface area contributed by atoms with Gasteiger partial charge in [0.05, 0.1) is 11.8 Å². The van der Waals surface area contributed by atoms with Crippen LogP contribution in [0.25, 0.3) is 0 Å². The average molecular weight is 289 g/mol. The van der Waals surface area contributed by atoms with Crippen molar-refractivity contribution in [1.82, 2.24) is 9.88 Å². The first-order chi connectivity index (χ1) is 7.70. The highest BCUT2D eigenvalue weighted by Gasteiger charge is 2.17. The van der Waals surface area contributed by atoms with Crippen molar-refractivity contribution in [1.29, 1.82) is 0 Å². The molecule has 0 fully saturated rings. The zero-order valence-electron chi connectivity index (χ0n) is 9.12. The van der Waals surface area contributed by atoms with Crippen molar-refractivity contribution in [2.75, 3.05) is 18.4 Å². The fraction of sp³-hybridized carbons (Fsp3) is 0.455. The number of nitrogens with zero attached hydrogens (tertiary/aromatic N) is 2. The minimum Gasteiger partial charge on any atom is -0.338 e. The van der Waals surface area contributed by atoms with Crippen molar-refractivity contribution in [3.63, 3.8) is 0 Å². The molecule has 0 atom stereocenters. The standard InChI is InChI=1S/C11H14BrFN2O/c1-2-6-15(7-4-12)11(16)9-3-5-14-8-10(9)13/h3,5,8H,2,4,6-7H2,1H3. The summed E-state index contributed by atoms with van der Waals surface area (Å²) in [4.78, 5) is 17.2. The molecule has 0 bridgehead atoms. The molecule has 3 nitrogen and oxygen atoms in total. The summed E-state index contributed by atoms with van der Waals surface area (Å²) < 4.78 is 13.4. The highest BCUT2D eigenvalue weighted by Crippen LogP contribution is 2.09. The Morgan fingerprint density at radius 1 is 1.56 bits per heavy atom. The maximum Gasteiger partial charge on any atom is 0.256 e. The molecule has 0 unspecified atom stereocenters. The third-order valence-corrected chi connectivity index (χ3v) is 2.49. The minimum absolute atomic E-state index is 0.0874. The van der Waals surface area contributed by atoms with Crippen LogP contribution in [0.5, 0.6) is 0 Å². The lowest BCUT2D eigenvalue weighted by Gasteiger charge is -2.21. The largest absolute Gasteiger partial charge is 0.338 e. The topological polar surface area (TPSA) is 33.2 Å². The SMILES string of the molecule is CCCN(CCBr)C(=O)c1ccncc1F. The van der Waals surface area contributed by atoms with Crippen molar-refractivity contribution in [2.45, 2.75) is 13.3 Å². The first-order valence-electron chi connectivity index (χ1n) is 5.15. The van der Waals surface area contributed by atoms with Crippen molar-refractivity contribution in [3.8, 4) is 0 Å². The Kier molecular flexibility index (Phi) is 5.38.